The van der Waals surface area contributed by atoms with Gasteiger partial charge in [0, 0.05) is 12.6 Å². The monoisotopic (exact) mass is 191 g/mol. The van der Waals surface area contributed by atoms with Gasteiger partial charge in [-0.3, -0.25) is 0 Å². The first kappa shape index (κ1) is 9.49. The Kier molecular flexibility index (Phi) is 3.01. The second kappa shape index (κ2) is 4.44. The fourth-order valence-electron chi connectivity index (χ4n) is 1.58. The summed E-state index contributed by atoms with van der Waals surface area (Å²) in [5.41, 5.74) is 5.94. The molecule has 2 rings (SSSR count). The van der Waals surface area contributed by atoms with Crippen molar-refractivity contribution in [3.05, 3.63) is 30.3 Å². The zero-order chi connectivity index (χ0) is 9.80. The van der Waals surface area contributed by atoms with Crippen molar-refractivity contribution in [2.24, 2.45) is 5.73 Å². The van der Waals surface area contributed by atoms with Crippen LogP contribution in [0, 0.1) is 0 Å². The number of rotatable bonds is 2. The summed E-state index contributed by atoms with van der Waals surface area (Å²) >= 11 is 0. The highest BCUT2D eigenvalue weighted by atomic mass is 16.5. The quantitative estimate of drug-likeness (QED) is 0.750. The molecule has 2 N–H and O–H groups in total. The molecule has 1 radical (unpaired) electrons. The molecule has 0 aliphatic carbocycles. The Morgan fingerprint density at radius 1 is 1.29 bits per heavy atom. The summed E-state index contributed by atoms with van der Waals surface area (Å²) in [6.45, 7) is 1.59. The molecule has 2 unspecified atom stereocenters. The maximum atomic E-state index is 5.94. The molecule has 0 amide bonds. The second-order valence-electron chi connectivity index (χ2n) is 3.55. The van der Waals surface area contributed by atoms with Gasteiger partial charge in [-0.15, -0.1) is 0 Å². The molecular formula is C11H15N2O. The van der Waals surface area contributed by atoms with Gasteiger partial charge in [-0.1, -0.05) is 18.2 Å². The number of nitrogens with two attached hydrogens (primary N) is 1. The van der Waals surface area contributed by atoms with Crippen molar-refractivity contribution in [3.63, 3.8) is 0 Å². The number of benzene rings is 1. The van der Waals surface area contributed by atoms with Crippen LogP contribution in [0.3, 0.4) is 0 Å². The number of nitrogens with zero attached hydrogens (tertiary/aromatic N) is 1. The van der Waals surface area contributed by atoms with Crippen LogP contribution in [-0.4, -0.2) is 25.2 Å². The third kappa shape index (κ3) is 2.25. The van der Waals surface area contributed by atoms with E-state index in [4.69, 9.17) is 10.5 Å². The molecule has 1 fully saturated rings. The van der Waals surface area contributed by atoms with Crippen LogP contribution in [0.25, 0.3) is 0 Å². The first-order chi connectivity index (χ1) is 6.86. The third-order valence-corrected chi connectivity index (χ3v) is 2.44. The molecule has 1 aliphatic heterocycles. The molecule has 0 spiro atoms. The Hall–Kier alpha value is -1.06. The molecule has 1 aromatic rings. The molecule has 75 valence electrons. The summed E-state index contributed by atoms with van der Waals surface area (Å²) in [7, 11) is 0. The molecule has 14 heavy (non-hydrogen) atoms. The lowest BCUT2D eigenvalue weighted by atomic mass is 10.0. The standard InChI is InChI=1S/C11H15N2O/c12-10-6-7-13-8-11(10)14-9-4-2-1-3-5-9/h1-5,10-11H,6-8,12H2. The van der Waals surface area contributed by atoms with Gasteiger partial charge in [0.1, 0.15) is 11.9 Å². The van der Waals surface area contributed by atoms with E-state index in [1.165, 1.54) is 0 Å². The van der Waals surface area contributed by atoms with Gasteiger partial charge in [0.15, 0.2) is 0 Å². The largest absolute Gasteiger partial charge is 0.487 e. The van der Waals surface area contributed by atoms with Crippen molar-refractivity contribution < 1.29 is 4.74 Å². The minimum Gasteiger partial charge on any atom is -0.487 e. The van der Waals surface area contributed by atoms with Crippen LogP contribution < -0.4 is 15.8 Å². The fourth-order valence-corrected chi connectivity index (χ4v) is 1.58. The van der Waals surface area contributed by atoms with E-state index < -0.39 is 0 Å². The van der Waals surface area contributed by atoms with E-state index in [1.807, 2.05) is 30.3 Å². The molecule has 1 saturated heterocycles. The van der Waals surface area contributed by atoms with Crippen LogP contribution in [0.5, 0.6) is 5.75 Å². The van der Waals surface area contributed by atoms with Gasteiger partial charge in [0.2, 0.25) is 0 Å². The van der Waals surface area contributed by atoms with Gasteiger partial charge in [0.05, 0.1) is 6.54 Å². The molecule has 3 heteroatoms. The zero-order valence-electron chi connectivity index (χ0n) is 8.10. The molecule has 1 aliphatic rings. The van der Waals surface area contributed by atoms with Crippen molar-refractivity contribution in [1.29, 1.82) is 0 Å². The minimum atomic E-state index is 0.0474. The van der Waals surface area contributed by atoms with Crippen LogP contribution in [-0.2, 0) is 0 Å². The van der Waals surface area contributed by atoms with Crippen molar-refractivity contribution >= 4 is 0 Å². The molecule has 0 aromatic heterocycles. The highest BCUT2D eigenvalue weighted by molar-refractivity contribution is 5.21. The van der Waals surface area contributed by atoms with Gasteiger partial charge < -0.3 is 10.5 Å². The van der Waals surface area contributed by atoms with Gasteiger partial charge in [0.25, 0.3) is 0 Å². The summed E-state index contributed by atoms with van der Waals surface area (Å²) in [5.74, 6) is 0.880. The average molecular weight is 191 g/mol. The van der Waals surface area contributed by atoms with E-state index >= 15 is 0 Å². The Bertz CT molecular complexity index is 276. The van der Waals surface area contributed by atoms with E-state index in [2.05, 4.69) is 5.32 Å². The lowest BCUT2D eigenvalue weighted by Crippen LogP contribution is -2.49. The fraction of sp³-hybridized carbons (Fsp3) is 0.455. The predicted octanol–water partition coefficient (Wildman–Crippen LogP) is 0.769. The number of piperidine rings is 1. The third-order valence-electron chi connectivity index (χ3n) is 2.44. The highest BCUT2D eigenvalue weighted by Crippen LogP contribution is 2.14. The van der Waals surface area contributed by atoms with Crippen LogP contribution >= 0.6 is 0 Å². The molecule has 1 aromatic carbocycles. The van der Waals surface area contributed by atoms with E-state index in [9.17, 15) is 0 Å². The Morgan fingerprint density at radius 2 is 2.07 bits per heavy atom. The van der Waals surface area contributed by atoms with Crippen molar-refractivity contribution in [1.82, 2.24) is 5.32 Å². The lowest BCUT2D eigenvalue weighted by molar-refractivity contribution is 0.143. The summed E-state index contributed by atoms with van der Waals surface area (Å²) in [4.78, 5) is 0. The smallest absolute Gasteiger partial charge is 0.128 e. The predicted molar refractivity (Wildman–Crippen MR) is 55.3 cm³/mol. The van der Waals surface area contributed by atoms with E-state index in [-0.39, 0.29) is 12.1 Å². The number of hydrogen-bond acceptors (Lipinski definition) is 2. The first-order valence-corrected chi connectivity index (χ1v) is 4.97. The Balaban J connectivity index is 1.96. The molecule has 0 bridgehead atoms. The van der Waals surface area contributed by atoms with Crippen molar-refractivity contribution in [2.75, 3.05) is 13.1 Å². The summed E-state index contributed by atoms with van der Waals surface area (Å²) in [6.07, 6.45) is 0.975. The van der Waals surface area contributed by atoms with E-state index in [0.717, 1.165) is 25.3 Å². The summed E-state index contributed by atoms with van der Waals surface area (Å²) in [5, 5.41) is 4.30. The van der Waals surface area contributed by atoms with E-state index in [1.54, 1.807) is 0 Å². The van der Waals surface area contributed by atoms with Crippen molar-refractivity contribution in [3.8, 4) is 5.75 Å². The lowest BCUT2D eigenvalue weighted by Gasteiger charge is -2.28. The molecular weight excluding hydrogens is 176 g/mol. The molecule has 0 saturated carbocycles. The molecule has 1 heterocycles. The maximum Gasteiger partial charge on any atom is 0.128 e. The molecule has 3 nitrogen and oxygen atoms in total. The van der Waals surface area contributed by atoms with Crippen molar-refractivity contribution in [2.45, 2.75) is 18.6 Å². The van der Waals surface area contributed by atoms with Crippen LogP contribution in [0.1, 0.15) is 6.42 Å². The van der Waals surface area contributed by atoms with E-state index in [0.29, 0.717) is 0 Å². The highest BCUT2D eigenvalue weighted by Gasteiger charge is 2.23. The second-order valence-corrected chi connectivity index (χ2v) is 3.55. The zero-order valence-corrected chi connectivity index (χ0v) is 8.10. The summed E-state index contributed by atoms with van der Waals surface area (Å²) < 4.78 is 5.75. The summed E-state index contributed by atoms with van der Waals surface area (Å²) in [6, 6.07) is 9.90. The topological polar surface area (TPSA) is 49.4 Å². The normalized spacial score (nSPS) is 27.2. The number of para-hydroxylation sites is 1. The number of ether oxygens (including phenoxy) is 1. The Morgan fingerprint density at radius 3 is 2.79 bits per heavy atom. The van der Waals surface area contributed by atoms with Crippen LogP contribution in [0.2, 0.25) is 0 Å². The SMILES string of the molecule is NC1CC[N]CC1Oc1ccccc1. The number of hydrogen-bond donors (Lipinski definition) is 1. The maximum absolute atomic E-state index is 5.94. The van der Waals surface area contributed by atoms with Crippen LogP contribution in [0.4, 0.5) is 0 Å². The van der Waals surface area contributed by atoms with Gasteiger partial charge in [-0.05, 0) is 18.6 Å². The minimum absolute atomic E-state index is 0.0474. The van der Waals surface area contributed by atoms with Gasteiger partial charge >= 0.3 is 0 Å². The Labute approximate surface area is 84.3 Å². The first-order valence-electron chi connectivity index (χ1n) is 4.97. The van der Waals surface area contributed by atoms with Gasteiger partial charge in [-0.25, -0.2) is 5.32 Å². The van der Waals surface area contributed by atoms with Gasteiger partial charge in [-0.2, -0.15) is 0 Å². The average Bonchev–Trinajstić information content (AvgIpc) is 2.23. The molecule has 2 atom stereocenters. The van der Waals surface area contributed by atoms with Crippen LogP contribution in [0.15, 0.2) is 30.3 Å².